The molecule has 0 radical (unpaired) electrons. The first-order chi connectivity index (χ1) is 38.0. The van der Waals surface area contributed by atoms with Crippen LogP contribution in [-0.2, 0) is 32.7 Å². The molecule has 0 rings (SSSR count). The first-order valence-corrected chi connectivity index (χ1v) is 33.5. The lowest BCUT2D eigenvalue weighted by molar-refractivity contribution is -0.870. The Labute approximate surface area is 481 Å². The summed E-state index contributed by atoms with van der Waals surface area (Å²) in [6, 6.07) is 0. The number of ether oxygens (including phenoxy) is 2. The fourth-order valence-corrected chi connectivity index (χ4v) is 9.44. The molecule has 0 aliphatic rings. The van der Waals surface area contributed by atoms with Crippen LogP contribution in [0.1, 0.15) is 271 Å². The number of esters is 2. The number of phosphoric acid groups is 1. The number of carbonyl (C=O) groups excluding carboxylic acids is 2. The molecular formula is C68H121NO8P+. The Bertz CT molecular complexity index is 1640. The second-order valence-corrected chi connectivity index (χ2v) is 23.9. The van der Waals surface area contributed by atoms with Gasteiger partial charge in [0.15, 0.2) is 6.10 Å². The lowest BCUT2D eigenvalue weighted by atomic mass is 10.0. The van der Waals surface area contributed by atoms with E-state index in [-0.39, 0.29) is 32.0 Å². The SMILES string of the molecule is CC/C=C\C/C=C\C/C=C\C/C=C\C/C=C\CCCCCCCCCCCCCCCC(=O)OC(COC(=O)CCCCCCCCCCCC/C=C\C/C=C\C/C=C\CCCCCCC)COP(=O)(O)OCC[N+](C)(C)C. The van der Waals surface area contributed by atoms with E-state index in [1.165, 1.54) is 154 Å². The Kier molecular flexibility index (Phi) is 56.3. The summed E-state index contributed by atoms with van der Waals surface area (Å²) < 4.78 is 34.7. The highest BCUT2D eigenvalue weighted by Gasteiger charge is 2.27. The summed E-state index contributed by atoms with van der Waals surface area (Å²) in [5.74, 6) is -0.801. The predicted molar refractivity (Wildman–Crippen MR) is 335 cm³/mol. The van der Waals surface area contributed by atoms with Gasteiger partial charge in [-0.2, -0.15) is 0 Å². The fraction of sp³-hybridized carbons (Fsp3) is 0.735. The Morgan fingerprint density at radius 2 is 0.731 bits per heavy atom. The summed E-state index contributed by atoms with van der Waals surface area (Å²) in [5, 5.41) is 0. The number of quaternary nitrogens is 1. The average Bonchev–Trinajstić information content (AvgIpc) is 3.41. The van der Waals surface area contributed by atoms with Gasteiger partial charge < -0.3 is 18.9 Å². The van der Waals surface area contributed by atoms with Crippen LogP contribution in [0.5, 0.6) is 0 Å². The fourth-order valence-electron chi connectivity index (χ4n) is 8.70. The van der Waals surface area contributed by atoms with Gasteiger partial charge in [-0.1, -0.05) is 259 Å². The maximum atomic E-state index is 12.9. The maximum absolute atomic E-state index is 12.9. The van der Waals surface area contributed by atoms with Gasteiger partial charge in [-0.15, -0.1) is 0 Å². The number of allylic oxidation sites excluding steroid dienone is 16. The Morgan fingerprint density at radius 1 is 0.410 bits per heavy atom. The topological polar surface area (TPSA) is 108 Å². The van der Waals surface area contributed by atoms with Crippen molar-refractivity contribution in [2.45, 2.75) is 277 Å². The van der Waals surface area contributed by atoms with Crippen LogP contribution >= 0.6 is 7.82 Å². The lowest BCUT2D eigenvalue weighted by Crippen LogP contribution is -2.37. The highest BCUT2D eigenvalue weighted by Crippen LogP contribution is 2.43. The van der Waals surface area contributed by atoms with E-state index in [2.05, 4.69) is 111 Å². The molecule has 0 aromatic rings. The van der Waals surface area contributed by atoms with Crippen LogP contribution < -0.4 is 0 Å². The van der Waals surface area contributed by atoms with Crippen molar-refractivity contribution >= 4 is 19.8 Å². The number of likely N-dealkylation sites (N-methyl/N-ethyl adjacent to an activating group) is 1. The minimum absolute atomic E-state index is 0.0272. The molecule has 0 amide bonds. The molecular weight excluding hydrogens is 990 g/mol. The Morgan fingerprint density at radius 3 is 1.09 bits per heavy atom. The Balaban J connectivity index is 4.13. The van der Waals surface area contributed by atoms with Crippen molar-refractivity contribution in [2.75, 3.05) is 47.5 Å². The molecule has 9 nitrogen and oxygen atoms in total. The molecule has 0 fully saturated rings. The second-order valence-electron chi connectivity index (χ2n) is 22.4. The van der Waals surface area contributed by atoms with Gasteiger partial charge in [-0.25, -0.2) is 4.57 Å². The predicted octanol–water partition coefficient (Wildman–Crippen LogP) is 20.4. The third-order valence-electron chi connectivity index (χ3n) is 13.6. The van der Waals surface area contributed by atoms with Crippen molar-refractivity contribution in [3.8, 4) is 0 Å². The molecule has 1 N–H and O–H groups in total. The minimum Gasteiger partial charge on any atom is -0.462 e. The van der Waals surface area contributed by atoms with Gasteiger partial charge in [-0.05, 0) is 96.3 Å². The molecule has 0 aromatic heterocycles. The molecule has 0 spiro atoms. The zero-order valence-corrected chi connectivity index (χ0v) is 52.0. The zero-order valence-electron chi connectivity index (χ0n) is 51.1. The summed E-state index contributed by atoms with van der Waals surface area (Å²) in [6.07, 6.45) is 80.5. The number of hydrogen-bond donors (Lipinski definition) is 1. The van der Waals surface area contributed by atoms with Crippen molar-refractivity contribution in [1.82, 2.24) is 0 Å². The van der Waals surface area contributed by atoms with Gasteiger partial charge in [0, 0.05) is 12.8 Å². The number of nitrogens with zero attached hydrogens (tertiary/aromatic N) is 1. The van der Waals surface area contributed by atoms with Gasteiger partial charge in [0.05, 0.1) is 27.7 Å². The summed E-state index contributed by atoms with van der Waals surface area (Å²) >= 11 is 0. The van der Waals surface area contributed by atoms with E-state index in [4.69, 9.17) is 18.5 Å². The summed E-state index contributed by atoms with van der Waals surface area (Å²) in [5.41, 5.74) is 0. The van der Waals surface area contributed by atoms with Crippen molar-refractivity contribution < 1.29 is 42.1 Å². The molecule has 450 valence electrons. The van der Waals surface area contributed by atoms with E-state index in [0.29, 0.717) is 17.4 Å². The van der Waals surface area contributed by atoms with Crippen LogP contribution in [0.25, 0.3) is 0 Å². The lowest BCUT2D eigenvalue weighted by Gasteiger charge is -2.24. The quantitative estimate of drug-likeness (QED) is 0.0211. The minimum atomic E-state index is -4.40. The highest BCUT2D eigenvalue weighted by atomic mass is 31.2. The van der Waals surface area contributed by atoms with Crippen molar-refractivity contribution in [3.05, 3.63) is 97.2 Å². The smallest absolute Gasteiger partial charge is 0.462 e. The van der Waals surface area contributed by atoms with Gasteiger partial charge in [0.1, 0.15) is 19.8 Å². The van der Waals surface area contributed by atoms with E-state index in [1.54, 1.807) is 0 Å². The molecule has 0 aliphatic heterocycles. The number of unbranched alkanes of at least 4 members (excludes halogenated alkanes) is 28. The first-order valence-electron chi connectivity index (χ1n) is 32.0. The van der Waals surface area contributed by atoms with E-state index in [1.807, 2.05) is 21.1 Å². The summed E-state index contributed by atoms with van der Waals surface area (Å²) in [6.45, 7) is 4.32. The van der Waals surface area contributed by atoms with Crippen molar-refractivity contribution in [3.63, 3.8) is 0 Å². The summed E-state index contributed by atoms with van der Waals surface area (Å²) in [7, 11) is 1.47. The molecule has 2 unspecified atom stereocenters. The van der Waals surface area contributed by atoms with Crippen molar-refractivity contribution in [2.24, 2.45) is 0 Å². The molecule has 2 atom stereocenters. The van der Waals surface area contributed by atoms with E-state index in [0.717, 1.165) is 83.5 Å². The van der Waals surface area contributed by atoms with Gasteiger partial charge in [0.25, 0.3) is 0 Å². The maximum Gasteiger partial charge on any atom is 0.472 e. The van der Waals surface area contributed by atoms with Crippen LogP contribution in [0, 0.1) is 0 Å². The highest BCUT2D eigenvalue weighted by molar-refractivity contribution is 7.47. The van der Waals surface area contributed by atoms with Crippen LogP contribution in [-0.4, -0.2) is 74.9 Å². The molecule has 78 heavy (non-hydrogen) atoms. The Hall–Kier alpha value is -3.07. The van der Waals surface area contributed by atoms with E-state index < -0.39 is 26.5 Å². The standard InChI is InChI=1S/C68H120NO8P/c1-6-8-10-12-14-16-18-20-22-24-26-28-30-32-33-34-35-37-39-41-43-45-47-49-51-53-55-57-59-61-68(71)77-66(65-76-78(72,73)75-63-62-69(3,4)5)64-74-67(70)60-58-56-54-52-50-48-46-44-42-40-38-36-31-29-27-25-23-21-19-17-15-13-11-9-7-2/h8,10,14,16,19-22,25-28,31-33,36,66H,6-7,9,11-13,15,17-18,23-24,29-30,34-35,37-65H2,1-5H3/p+1/b10-8-,16-14-,21-19-,22-20-,27-25-,28-26-,33-32-,36-31-. The summed E-state index contributed by atoms with van der Waals surface area (Å²) in [4.78, 5) is 35.8. The molecule has 0 aliphatic carbocycles. The molecule has 10 heteroatoms. The third-order valence-corrected chi connectivity index (χ3v) is 14.6. The number of hydrogen-bond acceptors (Lipinski definition) is 7. The van der Waals surface area contributed by atoms with E-state index in [9.17, 15) is 19.0 Å². The number of phosphoric ester groups is 1. The molecule has 0 saturated carbocycles. The van der Waals surface area contributed by atoms with Crippen LogP contribution in [0.4, 0.5) is 0 Å². The van der Waals surface area contributed by atoms with E-state index >= 15 is 0 Å². The zero-order chi connectivity index (χ0) is 57.0. The van der Waals surface area contributed by atoms with Gasteiger partial charge in [0.2, 0.25) is 0 Å². The van der Waals surface area contributed by atoms with Crippen molar-refractivity contribution in [1.29, 1.82) is 0 Å². The van der Waals surface area contributed by atoms with Crippen LogP contribution in [0.15, 0.2) is 97.2 Å². The monoisotopic (exact) mass is 1110 g/mol. The normalized spacial score (nSPS) is 13.9. The number of carbonyl (C=O) groups is 2. The molecule has 0 saturated heterocycles. The largest absolute Gasteiger partial charge is 0.472 e. The van der Waals surface area contributed by atoms with Gasteiger partial charge >= 0.3 is 19.8 Å². The number of rotatable bonds is 58. The molecule has 0 bridgehead atoms. The third kappa shape index (κ3) is 62.1. The van der Waals surface area contributed by atoms with Gasteiger partial charge in [-0.3, -0.25) is 18.6 Å². The molecule has 0 heterocycles. The molecule has 0 aromatic carbocycles. The average molecular weight is 1110 g/mol. The second kappa shape index (κ2) is 58.6. The van der Waals surface area contributed by atoms with Crippen LogP contribution in [0.2, 0.25) is 0 Å². The van der Waals surface area contributed by atoms with Crippen LogP contribution in [0.3, 0.4) is 0 Å². The first kappa shape index (κ1) is 74.9.